The topological polar surface area (TPSA) is 37.3 Å². The second-order valence-electron chi connectivity index (χ2n) is 3.87. The summed E-state index contributed by atoms with van der Waals surface area (Å²) in [5.74, 6) is 0.0555. The lowest BCUT2D eigenvalue weighted by atomic mass is 9.83. The normalized spacial score (nSPS) is 22.8. The summed E-state index contributed by atoms with van der Waals surface area (Å²) in [4.78, 5) is 10.4. The highest BCUT2D eigenvalue weighted by Crippen LogP contribution is 2.30. The van der Waals surface area contributed by atoms with E-state index in [4.69, 9.17) is 5.11 Å². The van der Waals surface area contributed by atoms with Gasteiger partial charge in [0.15, 0.2) is 0 Å². The van der Waals surface area contributed by atoms with Crippen LogP contribution in [0.15, 0.2) is 11.6 Å². The van der Waals surface area contributed by atoms with E-state index in [2.05, 4.69) is 6.92 Å². The molecule has 1 N–H and O–H groups in total. The average molecular weight is 182 g/mol. The number of carbonyl (C=O) groups is 1. The first-order chi connectivity index (χ1) is 6.22. The van der Waals surface area contributed by atoms with Gasteiger partial charge in [0.05, 0.1) is 0 Å². The summed E-state index contributed by atoms with van der Waals surface area (Å²) in [6.45, 7) is 2.21. The summed E-state index contributed by atoms with van der Waals surface area (Å²) in [5, 5.41) is 8.56. The molecule has 0 bridgehead atoms. The fourth-order valence-electron chi connectivity index (χ4n) is 2.06. The molecule has 2 heteroatoms. The van der Waals surface area contributed by atoms with Gasteiger partial charge in [-0.3, -0.25) is 0 Å². The molecule has 1 saturated carbocycles. The molecule has 0 saturated heterocycles. The molecule has 0 aromatic rings. The van der Waals surface area contributed by atoms with Crippen LogP contribution in [0, 0.1) is 5.92 Å². The predicted molar refractivity (Wildman–Crippen MR) is 52.6 cm³/mol. The Morgan fingerprint density at radius 2 is 2.15 bits per heavy atom. The maximum absolute atomic E-state index is 10.4. The van der Waals surface area contributed by atoms with Crippen molar-refractivity contribution in [1.82, 2.24) is 0 Å². The Morgan fingerprint density at radius 3 is 2.62 bits per heavy atom. The Balaban J connectivity index is 2.34. The van der Waals surface area contributed by atoms with Gasteiger partial charge in [0.2, 0.25) is 0 Å². The smallest absolute Gasteiger partial charge is 0.328 e. The molecule has 0 atom stereocenters. The Labute approximate surface area is 79.6 Å². The van der Waals surface area contributed by atoms with Crippen molar-refractivity contribution in [1.29, 1.82) is 0 Å². The number of rotatable bonds is 3. The van der Waals surface area contributed by atoms with Gasteiger partial charge in [0, 0.05) is 6.08 Å². The lowest BCUT2D eigenvalue weighted by Crippen LogP contribution is -2.08. The van der Waals surface area contributed by atoms with Gasteiger partial charge in [-0.15, -0.1) is 0 Å². The average Bonchev–Trinajstić information content (AvgIpc) is 2.08. The van der Waals surface area contributed by atoms with E-state index in [1.165, 1.54) is 31.8 Å². The molecule has 0 aliphatic heterocycles. The molecule has 74 valence electrons. The molecule has 1 fully saturated rings. The summed E-state index contributed by atoms with van der Waals surface area (Å²) < 4.78 is 0. The monoisotopic (exact) mass is 182 g/mol. The van der Waals surface area contributed by atoms with Gasteiger partial charge in [-0.1, -0.05) is 25.3 Å². The number of aliphatic carboxylic acids is 1. The van der Waals surface area contributed by atoms with Crippen molar-refractivity contribution >= 4 is 5.97 Å². The minimum Gasteiger partial charge on any atom is -0.478 e. The molecule has 13 heavy (non-hydrogen) atoms. The van der Waals surface area contributed by atoms with E-state index in [0.29, 0.717) is 0 Å². The Kier molecular flexibility index (Phi) is 4.00. The highest BCUT2D eigenvalue weighted by molar-refractivity contribution is 5.80. The molecule has 0 heterocycles. The number of hydrogen-bond acceptors (Lipinski definition) is 1. The van der Waals surface area contributed by atoms with Gasteiger partial charge in [-0.2, -0.15) is 0 Å². The van der Waals surface area contributed by atoms with Crippen LogP contribution in [0.3, 0.4) is 0 Å². The van der Waals surface area contributed by atoms with Crippen LogP contribution in [0.4, 0.5) is 0 Å². The number of carboxylic acids is 1. The van der Waals surface area contributed by atoms with Gasteiger partial charge in [-0.05, 0) is 31.6 Å². The van der Waals surface area contributed by atoms with Crippen LogP contribution >= 0.6 is 0 Å². The van der Waals surface area contributed by atoms with E-state index in [-0.39, 0.29) is 0 Å². The minimum atomic E-state index is -0.788. The largest absolute Gasteiger partial charge is 0.478 e. The van der Waals surface area contributed by atoms with Gasteiger partial charge < -0.3 is 5.11 Å². The highest BCUT2D eigenvalue weighted by atomic mass is 16.4. The van der Waals surface area contributed by atoms with E-state index < -0.39 is 5.97 Å². The molecule has 0 radical (unpaired) electrons. The van der Waals surface area contributed by atoms with Gasteiger partial charge in [-0.25, -0.2) is 4.79 Å². The quantitative estimate of drug-likeness (QED) is 0.681. The number of carboxylic acid groups (broad SMARTS) is 1. The Hall–Kier alpha value is -0.790. The van der Waals surface area contributed by atoms with Gasteiger partial charge in [0.1, 0.15) is 0 Å². The second kappa shape index (κ2) is 5.05. The molecule has 1 aliphatic rings. The first-order valence-corrected chi connectivity index (χ1v) is 5.14. The van der Waals surface area contributed by atoms with Crippen LogP contribution in [-0.2, 0) is 4.79 Å². The third-order valence-electron chi connectivity index (χ3n) is 2.77. The maximum Gasteiger partial charge on any atom is 0.328 e. The van der Waals surface area contributed by atoms with Crippen LogP contribution in [-0.4, -0.2) is 11.1 Å². The van der Waals surface area contributed by atoms with Crippen molar-refractivity contribution in [2.24, 2.45) is 5.92 Å². The van der Waals surface area contributed by atoms with Crippen LogP contribution in [0.25, 0.3) is 0 Å². The molecule has 1 rings (SSSR count). The Bertz CT molecular complexity index is 196. The van der Waals surface area contributed by atoms with Gasteiger partial charge >= 0.3 is 5.97 Å². The van der Waals surface area contributed by atoms with E-state index in [9.17, 15) is 4.79 Å². The molecule has 0 aromatic carbocycles. The minimum absolute atomic E-state index is 0.788. The van der Waals surface area contributed by atoms with Crippen molar-refractivity contribution in [2.45, 2.75) is 45.4 Å². The zero-order chi connectivity index (χ0) is 9.68. The number of hydrogen-bond donors (Lipinski definition) is 1. The summed E-state index contributed by atoms with van der Waals surface area (Å²) in [6, 6.07) is 0. The van der Waals surface area contributed by atoms with E-state index in [1.54, 1.807) is 0 Å². The zero-order valence-corrected chi connectivity index (χ0v) is 8.25. The molecule has 0 aromatic heterocycles. The van der Waals surface area contributed by atoms with E-state index in [1.807, 2.05) is 0 Å². The van der Waals surface area contributed by atoms with E-state index in [0.717, 1.165) is 24.3 Å². The molecule has 2 nitrogen and oxygen atoms in total. The summed E-state index contributed by atoms with van der Waals surface area (Å²) >= 11 is 0. The first kappa shape index (κ1) is 10.3. The third kappa shape index (κ3) is 3.62. The standard InChI is InChI=1S/C11H18O2/c1-2-3-9-4-6-10(7-5-9)8-11(12)13/h8-9H,2-7H2,1H3,(H,12,13). The molecule has 0 amide bonds. The first-order valence-electron chi connectivity index (χ1n) is 5.14. The third-order valence-corrected chi connectivity index (χ3v) is 2.77. The molecule has 0 spiro atoms. The van der Waals surface area contributed by atoms with Crippen LogP contribution < -0.4 is 0 Å². The molecular formula is C11H18O2. The summed E-state index contributed by atoms with van der Waals surface area (Å²) in [7, 11) is 0. The summed E-state index contributed by atoms with van der Waals surface area (Å²) in [5.41, 5.74) is 1.12. The lowest BCUT2D eigenvalue weighted by Gasteiger charge is -2.22. The molecule has 1 aliphatic carbocycles. The molecular weight excluding hydrogens is 164 g/mol. The highest BCUT2D eigenvalue weighted by Gasteiger charge is 2.15. The fraction of sp³-hybridized carbons (Fsp3) is 0.727. The SMILES string of the molecule is CCCC1CCC(=CC(=O)O)CC1. The number of allylic oxidation sites excluding steroid dienone is 1. The maximum atomic E-state index is 10.4. The predicted octanol–water partition coefficient (Wildman–Crippen LogP) is 2.99. The summed E-state index contributed by atoms with van der Waals surface area (Å²) in [6.07, 6.45) is 8.32. The van der Waals surface area contributed by atoms with Crippen LogP contribution in [0.5, 0.6) is 0 Å². The van der Waals surface area contributed by atoms with Crippen molar-refractivity contribution in [3.05, 3.63) is 11.6 Å². The van der Waals surface area contributed by atoms with Crippen LogP contribution in [0.2, 0.25) is 0 Å². The lowest BCUT2D eigenvalue weighted by molar-refractivity contribution is -0.131. The molecule has 0 unspecified atom stereocenters. The van der Waals surface area contributed by atoms with Crippen LogP contribution in [0.1, 0.15) is 45.4 Å². The Morgan fingerprint density at radius 1 is 1.54 bits per heavy atom. The van der Waals surface area contributed by atoms with E-state index >= 15 is 0 Å². The van der Waals surface area contributed by atoms with Crippen molar-refractivity contribution in [2.75, 3.05) is 0 Å². The van der Waals surface area contributed by atoms with Crippen molar-refractivity contribution in [3.63, 3.8) is 0 Å². The van der Waals surface area contributed by atoms with Crippen molar-refractivity contribution < 1.29 is 9.90 Å². The fourth-order valence-corrected chi connectivity index (χ4v) is 2.06. The van der Waals surface area contributed by atoms with Crippen molar-refractivity contribution in [3.8, 4) is 0 Å². The zero-order valence-electron chi connectivity index (χ0n) is 8.25. The van der Waals surface area contributed by atoms with Gasteiger partial charge in [0.25, 0.3) is 0 Å². The second-order valence-corrected chi connectivity index (χ2v) is 3.87.